The molecule has 32 heavy (non-hydrogen) atoms. The summed E-state index contributed by atoms with van der Waals surface area (Å²) in [5.74, 6) is 0.735. The summed E-state index contributed by atoms with van der Waals surface area (Å²) in [4.78, 5) is 15.6. The van der Waals surface area contributed by atoms with Gasteiger partial charge in [-0.15, -0.1) is 0 Å². The van der Waals surface area contributed by atoms with E-state index in [4.69, 9.17) is 12.2 Å². The number of rotatable bonds is 3. The van der Waals surface area contributed by atoms with Gasteiger partial charge in [-0.2, -0.15) is 0 Å². The molecular weight excluding hydrogens is 420 g/mol. The fourth-order valence-electron chi connectivity index (χ4n) is 6.02. The fourth-order valence-corrected chi connectivity index (χ4v) is 6.30. The van der Waals surface area contributed by atoms with E-state index in [1.807, 2.05) is 42.5 Å². The number of aromatic hydroxyl groups is 1. The largest absolute Gasteiger partial charge is 0.493 e. The highest BCUT2D eigenvalue weighted by Crippen LogP contribution is 2.48. The molecule has 6 rings (SSSR count). The van der Waals surface area contributed by atoms with Crippen molar-refractivity contribution in [3.05, 3.63) is 58.6 Å². The zero-order valence-corrected chi connectivity index (χ0v) is 18.9. The number of likely N-dealkylation sites (tertiary alicyclic amines) is 1. The van der Waals surface area contributed by atoms with Crippen LogP contribution in [0.4, 0.5) is 0 Å². The monoisotopic (exact) mass is 448 g/mol. The molecular formula is C25H28N4O2S. The Hall–Kier alpha value is -2.80. The summed E-state index contributed by atoms with van der Waals surface area (Å²) in [6.45, 7) is 1.63. The predicted octanol–water partition coefficient (Wildman–Crippen LogP) is 4.25. The molecule has 1 saturated carbocycles. The highest BCUT2D eigenvalue weighted by atomic mass is 32.1. The lowest BCUT2D eigenvalue weighted by Gasteiger charge is -2.31. The Labute approximate surface area is 192 Å². The molecule has 2 N–H and O–H groups in total. The van der Waals surface area contributed by atoms with Gasteiger partial charge >= 0.3 is 5.69 Å². The lowest BCUT2D eigenvalue weighted by molar-refractivity contribution is 0.320. The second-order valence-electron chi connectivity index (χ2n) is 9.44. The molecule has 1 aromatic heterocycles. The second-order valence-corrected chi connectivity index (χ2v) is 9.83. The van der Waals surface area contributed by atoms with Crippen LogP contribution in [-0.2, 0) is 0 Å². The van der Waals surface area contributed by atoms with Crippen molar-refractivity contribution in [1.29, 1.82) is 0 Å². The minimum Gasteiger partial charge on any atom is -0.493 e. The van der Waals surface area contributed by atoms with E-state index in [2.05, 4.69) is 10.2 Å². The molecule has 2 aromatic carbocycles. The van der Waals surface area contributed by atoms with Gasteiger partial charge in [-0.25, -0.2) is 9.36 Å². The first-order chi connectivity index (χ1) is 15.6. The molecule has 2 atom stereocenters. The highest BCUT2D eigenvalue weighted by Gasteiger charge is 2.48. The topological polar surface area (TPSA) is 62.4 Å². The average Bonchev–Trinajstić information content (AvgIpc) is 3.49. The molecule has 2 bridgehead atoms. The first-order valence-corrected chi connectivity index (χ1v) is 12.1. The van der Waals surface area contributed by atoms with Crippen LogP contribution < -0.4 is 11.0 Å². The van der Waals surface area contributed by atoms with Gasteiger partial charge in [0.05, 0.1) is 17.8 Å². The van der Waals surface area contributed by atoms with Crippen LogP contribution in [0.5, 0.6) is 5.88 Å². The predicted molar refractivity (Wildman–Crippen MR) is 129 cm³/mol. The Morgan fingerprint density at radius 3 is 2.72 bits per heavy atom. The zero-order valence-electron chi connectivity index (χ0n) is 18.0. The minimum atomic E-state index is -0.165. The van der Waals surface area contributed by atoms with Crippen molar-refractivity contribution in [3.63, 3.8) is 0 Å². The van der Waals surface area contributed by atoms with Crippen molar-refractivity contribution in [3.8, 4) is 11.6 Å². The second kappa shape index (κ2) is 7.66. The Morgan fingerprint density at radius 2 is 1.88 bits per heavy atom. The molecule has 3 heterocycles. The third-order valence-electron chi connectivity index (χ3n) is 7.59. The lowest BCUT2D eigenvalue weighted by atomic mass is 9.89. The van der Waals surface area contributed by atoms with Gasteiger partial charge in [0.1, 0.15) is 5.69 Å². The van der Waals surface area contributed by atoms with Gasteiger partial charge in [-0.1, -0.05) is 55.7 Å². The number of aromatic nitrogens is 2. The number of fused-ring (bicyclic) bond motifs is 6. The van der Waals surface area contributed by atoms with E-state index in [1.165, 1.54) is 36.7 Å². The normalized spacial score (nSPS) is 22.4. The lowest BCUT2D eigenvalue weighted by Crippen LogP contribution is -2.44. The molecule has 2 unspecified atom stereocenters. The molecule has 7 heteroatoms. The smallest absolute Gasteiger partial charge is 0.336 e. The third-order valence-corrected chi connectivity index (χ3v) is 7.97. The molecule has 2 fully saturated rings. The van der Waals surface area contributed by atoms with E-state index in [0.717, 1.165) is 34.5 Å². The quantitative estimate of drug-likeness (QED) is 0.587. The molecule has 3 aliphatic rings. The number of thiocarbonyl (C=S) groups is 1. The molecule has 166 valence electrons. The van der Waals surface area contributed by atoms with E-state index >= 15 is 0 Å². The Bertz CT molecular complexity index is 1250. The summed E-state index contributed by atoms with van der Waals surface area (Å²) < 4.78 is 3.26. The Kier molecular flexibility index (Phi) is 4.75. The van der Waals surface area contributed by atoms with Crippen LogP contribution in [0, 0.1) is 5.92 Å². The molecule has 0 spiro atoms. The molecule has 0 radical (unpaired) electrons. The SMILES string of the molecule is O=c1n(-c2cccc3ccccc23)c(O)c2n1C1CC2N(C(=S)NCC2CCCCC2)C1. The van der Waals surface area contributed by atoms with Crippen LogP contribution in [0.15, 0.2) is 47.3 Å². The fraction of sp³-hybridized carbons (Fsp3) is 0.440. The van der Waals surface area contributed by atoms with Crippen LogP contribution >= 0.6 is 12.2 Å². The van der Waals surface area contributed by atoms with Gasteiger partial charge in [0.25, 0.3) is 0 Å². The van der Waals surface area contributed by atoms with E-state index in [0.29, 0.717) is 18.2 Å². The third kappa shape index (κ3) is 2.98. The van der Waals surface area contributed by atoms with Gasteiger partial charge in [0, 0.05) is 18.5 Å². The number of nitrogens with zero attached hydrogens (tertiary/aromatic N) is 3. The van der Waals surface area contributed by atoms with E-state index in [-0.39, 0.29) is 23.7 Å². The van der Waals surface area contributed by atoms with Crippen LogP contribution in [-0.4, -0.2) is 37.3 Å². The molecule has 2 aliphatic heterocycles. The molecule has 1 saturated heterocycles. The number of imidazole rings is 1. The maximum absolute atomic E-state index is 13.4. The van der Waals surface area contributed by atoms with Gasteiger partial charge in [-0.3, -0.25) is 4.57 Å². The van der Waals surface area contributed by atoms with Gasteiger partial charge in [0.2, 0.25) is 5.88 Å². The minimum absolute atomic E-state index is 0.0404. The molecule has 1 aliphatic carbocycles. The Morgan fingerprint density at radius 1 is 1.09 bits per heavy atom. The van der Waals surface area contributed by atoms with Gasteiger partial charge in [-0.05, 0) is 48.9 Å². The van der Waals surface area contributed by atoms with Crippen molar-refractivity contribution < 1.29 is 5.11 Å². The summed E-state index contributed by atoms with van der Waals surface area (Å²) in [5, 5.41) is 17.5. The van der Waals surface area contributed by atoms with Crippen LogP contribution in [0.25, 0.3) is 16.5 Å². The van der Waals surface area contributed by atoms with Crippen LogP contribution in [0.3, 0.4) is 0 Å². The highest BCUT2D eigenvalue weighted by molar-refractivity contribution is 7.80. The van der Waals surface area contributed by atoms with Crippen molar-refractivity contribution in [1.82, 2.24) is 19.4 Å². The maximum atomic E-state index is 13.4. The van der Waals surface area contributed by atoms with Crippen LogP contribution in [0.1, 0.15) is 56.3 Å². The zero-order chi connectivity index (χ0) is 21.8. The summed E-state index contributed by atoms with van der Waals surface area (Å²) in [6, 6.07) is 13.8. The summed E-state index contributed by atoms with van der Waals surface area (Å²) in [7, 11) is 0. The summed E-state index contributed by atoms with van der Waals surface area (Å²) in [5.41, 5.74) is 1.25. The summed E-state index contributed by atoms with van der Waals surface area (Å²) >= 11 is 5.75. The van der Waals surface area contributed by atoms with Crippen molar-refractivity contribution in [2.24, 2.45) is 5.92 Å². The van der Waals surface area contributed by atoms with Gasteiger partial charge in [0.15, 0.2) is 5.11 Å². The van der Waals surface area contributed by atoms with E-state index < -0.39 is 0 Å². The van der Waals surface area contributed by atoms with E-state index in [9.17, 15) is 9.90 Å². The van der Waals surface area contributed by atoms with E-state index in [1.54, 1.807) is 4.57 Å². The van der Waals surface area contributed by atoms with Crippen molar-refractivity contribution in [2.45, 2.75) is 50.6 Å². The first kappa shape index (κ1) is 19.9. The van der Waals surface area contributed by atoms with Gasteiger partial charge < -0.3 is 15.3 Å². The number of hydrogen-bond donors (Lipinski definition) is 2. The number of nitrogens with one attached hydrogen (secondary N) is 1. The Balaban J connectivity index is 1.31. The number of hydrogen-bond acceptors (Lipinski definition) is 3. The summed E-state index contributed by atoms with van der Waals surface area (Å²) in [6.07, 6.45) is 7.34. The average molecular weight is 449 g/mol. The molecule has 6 nitrogen and oxygen atoms in total. The maximum Gasteiger partial charge on any atom is 0.336 e. The van der Waals surface area contributed by atoms with Crippen LogP contribution in [0.2, 0.25) is 0 Å². The van der Waals surface area contributed by atoms with Crippen molar-refractivity contribution >= 4 is 28.1 Å². The first-order valence-electron chi connectivity index (χ1n) is 11.7. The standard InChI is InChI=1S/C25H28N4O2S/c30-23-22-21-13-18(15-27(21)24(32)26-14-16-7-2-1-3-8-16)28(22)25(31)29(23)20-12-6-10-17-9-4-5-11-19(17)20/h4-6,9-12,16,18,21,30H,1-3,7-8,13-15H2,(H,26,32). The number of benzene rings is 2. The van der Waals surface area contributed by atoms with Crippen molar-refractivity contribution in [2.75, 3.05) is 13.1 Å². The molecule has 3 aromatic rings. The molecule has 0 amide bonds.